The van der Waals surface area contributed by atoms with Crippen molar-refractivity contribution in [3.05, 3.63) is 41.6 Å². The Morgan fingerprint density at radius 1 is 1.18 bits per heavy atom. The first-order valence-corrected chi connectivity index (χ1v) is 9.71. The number of nitrogens with two attached hydrogens (primary N) is 1. The maximum Gasteiger partial charge on any atom is 0.204 e. The van der Waals surface area contributed by atoms with E-state index in [1.165, 1.54) is 0 Å². The summed E-state index contributed by atoms with van der Waals surface area (Å²) in [4.78, 5) is 11.8. The Kier molecular flexibility index (Phi) is 6.33. The van der Waals surface area contributed by atoms with Gasteiger partial charge in [-0.2, -0.15) is 0 Å². The molecule has 2 aromatic heterocycles. The fraction of sp³-hybridized carbons (Fsp3) is 0.500. The van der Waals surface area contributed by atoms with Crippen molar-refractivity contribution in [2.45, 2.75) is 39.3 Å². The smallest absolute Gasteiger partial charge is 0.204 e. The summed E-state index contributed by atoms with van der Waals surface area (Å²) in [5, 5.41) is 3.68. The molecule has 1 aliphatic heterocycles. The zero-order valence-corrected chi connectivity index (χ0v) is 16.6. The van der Waals surface area contributed by atoms with Crippen molar-refractivity contribution >= 4 is 17.0 Å². The molecular weight excluding hydrogens is 356 g/mol. The summed E-state index contributed by atoms with van der Waals surface area (Å²) in [5.74, 6) is 2.48. The normalized spacial score (nSPS) is 15.7. The second kappa shape index (κ2) is 8.72. The molecule has 5 N–H and O–H groups in total. The number of nitrogens with one attached hydrogen (secondary N) is 1. The molecule has 0 bridgehead atoms. The minimum atomic E-state index is 0. The van der Waals surface area contributed by atoms with Crippen LogP contribution in [0.1, 0.15) is 30.2 Å². The molecule has 3 heterocycles. The number of rotatable bonds is 6. The summed E-state index contributed by atoms with van der Waals surface area (Å²) in [5.41, 5.74) is 8.75. The second-order valence-corrected chi connectivity index (χ2v) is 7.29. The van der Waals surface area contributed by atoms with E-state index < -0.39 is 0 Å². The molecule has 8 nitrogen and oxygen atoms in total. The quantitative estimate of drug-likeness (QED) is 0.666. The van der Waals surface area contributed by atoms with Gasteiger partial charge in [0.2, 0.25) is 5.95 Å². The molecule has 0 amide bonds. The number of aryl methyl sites for hydroxylation is 2. The molecule has 4 rings (SSSR count). The number of oxazole rings is 1. The van der Waals surface area contributed by atoms with Crippen molar-refractivity contribution in [3.63, 3.8) is 0 Å². The van der Waals surface area contributed by atoms with Crippen LogP contribution in [0.2, 0.25) is 0 Å². The third-order valence-corrected chi connectivity index (χ3v) is 5.33. The monoisotopic (exact) mass is 386 g/mol. The van der Waals surface area contributed by atoms with Crippen LogP contribution in [0.25, 0.3) is 11.0 Å². The first kappa shape index (κ1) is 20.3. The summed E-state index contributed by atoms with van der Waals surface area (Å²) in [6.45, 7) is 8.37. The van der Waals surface area contributed by atoms with Gasteiger partial charge in [0.05, 0.1) is 17.6 Å². The van der Waals surface area contributed by atoms with E-state index in [2.05, 4.69) is 38.0 Å². The Balaban J connectivity index is 0.00000225. The Labute approximate surface area is 165 Å². The lowest BCUT2D eigenvalue weighted by Crippen LogP contribution is -2.41. The highest BCUT2D eigenvalue weighted by Gasteiger charge is 2.21. The van der Waals surface area contributed by atoms with Gasteiger partial charge in [0.25, 0.3) is 0 Å². The van der Waals surface area contributed by atoms with E-state index in [-0.39, 0.29) is 5.48 Å². The maximum atomic E-state index is 5.68. The molecule has 0 radical (unpaired) electrons. The number of aromatic nitrogens is 3. The first-order valence-electron chi connectivity index (χ1n) is 9.71. The van der Waals surface area contributed by atoms with Gasteiger partial charge < -0.3 is 30.4 Å². The third kappa shape index (κ3) is 4.19. The average molecular weight is 387 g/mol. The van der Waals surface area contributed by atoms with E-state index in [1.54, 1.807) is 0 Å². The van der Waals surface area contributed by atoms with Crippen molar-refractivity contribution in [1.29, 1.82) is 0 Å². The van der Waals surface area contributed by atoms with Crippen LogP contribution in [-0.2, 0) is 6.54 Å². The van der Waals surface area contributed by atoms with E-state index in [0.717, 1.165) is 67.5 Å². The molecule has 0 saturated carbocycles. The van der Waals surface area contributed by atoms with Gasteiger partial charge in [0.1, 0.15) is 11.5 Å². The maximum absolute atomic E-state index is 5.68. The molecule has 1 fully saturated rings. The Hall–Kier alpha value is -2.42. The lowest BCUT2D eigenvalue weighted by atomic mass is 10.1. The van der Waals surface area contributed by atoms with Crippen LogP contribution in [0.15, 0.2) is 28.7 Å². The van der Waals surface area contributed by atoms with E-state index >= 15 is 0 Å². The Bertz CT molecular complexity index is 911. The molecule has 28 heavy (non-hydrogen) atoms. The zero-order chi connectivity index (χ0) is 18.8. The van der Waals surface area contributed by atoms with Gasteiger partial charge in [-0.25, -0.2) is 9.97 Å². The predicted octanol–water partition coefficient (Wildman–Crippen LogP) is 1.70. The molecule has 1 aliphatic rings. The standard InChI is InChI=1S/C20H28N6O.H2O/c1-14-18(22-15(2)27-14)13-26-19-6-4-3-5-17(19)24-20(26)23-16-7-10-25(11-8-16)12-9-21;/h3-6,16H,7-13,21H2,1-2H3,(H,23,24);1H2. The molecular formula is C20H30N6O2. The molecule has 8 heteroatoms. The number of imidazole rings is 1. The summed E-state index contributed by atoms with van der Waals surface area (Å²) >= 11 is 0. The number of hydrogen-bond donors (Lipinski definition) is 2. The van der Waals surface area contributed by atoms with Crippen LogP contribution in [0.3, 0.4) is 0 Å². The van der Waals surface area contributed by atoms with E-state index in [9.17, 15) is 0 Å². The lowest BCUT2D eigenvalue weighted by Gasteiger charge is -2.32. The van der Waals surface area contributed by atoms with E-state index in [1.807, 2.05) is 19.9 Å². The van der Waals surface area contributed by atoms with Gasteiger partial charge in [-0.1, -0.05) is 12.1 Å². The van der Waals surface area contributed by atoms with Crippen LogP contribution in [0.5, 0.6) is 0 Å². The topological polar surface area (TPSA) is 117 Å². The highest BCUT2D eigenvalue weighted by Crippen LogP contribution is 2.24. The summed E-state index contributed by atoms with van der Waals surface area (Å²) in [6, 6.07) is 8.67. The fourth-order valence-corrected chi connectivity index (χ4v) is 3.88. The first-order chi connectivity index (χ1) is 13.1. The van der Waals surface area contributed by atoms with Crippen molar-refractivity contribution in [2.75, 3.05) is 31.5 Å². The molecule has 0 aliphatic carbocycles. The van der Waals surface area contributed by atoms with Gasteiger partial charge in [0, 0.05) is 39.1 Å². The SMILES string of the molecule is Cc1nc(Cn2c(NC3CCN(CCN)CC3)nc3ccccc32)c(C)o1.O. The number of benzene rings is 1. The minimum absolute atomic E-state index is 0. The molecule has 0 spiro atoms. The minimum Gasteiger partial charge on any atom is -0.446 e. The number of piperidine rings is 1. The van der Waals surface area contributed by atoms with Gasteiger partial charge in [-0.05, 0) is 31.9 Å². The van der Waals surface area contributed by atoms with Crippen molar-refractivity contribution in [1.82, 2.24) is 19.4 Å². The average Bonchev–Trinajstić information content (AvgIpc) is 3.16. The van der Waals surface area contributed by atoms with Crippen LogP contribution >= 0.6 is 0 Å². The van der Waals surface area contributed by atoms with Crippen LogP contribution in [0, 0.1) is 13.8 Å². The third-order valence-electron chi connectivity index (χ3n) is 5.33. The summed E-state index contributed by atoms with van der Waals surface area (Å²) in [7, 11) is 0. The van der Waals surface area contributed by atoms with Crippen molar-refractivity contribution in [3.8, 4) is 0 Å². The van der Waals surface area contributed by atoms with E-state index in [0.29, 0.717) is 18.5 Å². The van der Waals surface area contributed by atoms with Crippen molar-refractivity contribution in [2.24, 2.45) is 5.73 Å². The number of fused-ring (bicyclic) bond motifs is 1. The molecule has 0 atom stereocenters. The highest BCUT2D eigenvalue weighted by molar-refractivity contribution is 5.78. The molecule has 152 valence electrons. The Morgan fingerprint density at radius 3 is 2.61 bits per heavy atom. The number of likely N-dealkylation sites (tertiary alicyclic amines) is 1. The number of nitrogens with zero attached hydrogens (tertiary/aromatic N) is 4. The Morgan fingerprint density at radius 2 is 1.93 bits per heavy atom. The molecule has 1 aromatic carbocycles. The second-order valence-electron chi connectivity index (χ2n) is 7.29. The predicted molar refractivity (Wildman–Crippen MR) is 111 cm³/mol. The number of anilines is 1. The van der Waals surface area contributed by atoms with E-state index in [4.69, 9.17) is 15.1 Å². The van der Waals surface area contributed by atoms with Crippen molar-refractivity contribution < 1.29 is 9.89 Å². The summed E-state index contributed by atoms with van der Waals surface area (Å²) in [6.07, 6.45) is 2.20. The zero-order valence-electron chi connectivity index (χ0n) is 16.6. The van der Waals surface area contributed by atoms with Gasteiger partial charge in [-0.15, -0.1) is 0 Å². The molecule has 3 aromatic rings. The lowest BCUT2D eigenvalue weighted by molar-refractivity contribution is 0.224. The fourth-order valence-electron chi connectivity index (χ4n) is 3.88. The number of para-hydroxylation sites is 2. The number of hydrogen-bond acceptors (Lipinski definition) is 6. The van der Waals surface area contributed by atoms with Gasteiger partial charge in [0.15, 0.2) is 5.89 Å². The van der Waals surface area contributed by atoms with Crippen LogP contribution in [0.4, 0.5) is 5.95 Å². The molecule has 1 saturated heterocycles. The van der Waals surface area contributed by atoms with Gasteiger partial charge in [-0.3, -0.25) is 0 Å². The summed E-state index contributed by atoms with van der Waals surface area (Å²) < 4.78 is 7.83. The molecule has 0 unspecified atom stereocenters. The largest absolute Gasteiger partial charge is 0.446 e. The highest BCUT2D eigenvalue weighted by atomic mass is 16.4. The van der Waals surface area contributed by atoms with Crippen LogP contribution in [-0.4, -0.2) is 57.1 Å². The van der Waals surface area contributed by atoms with Crippen LogP contribution < -0.4 is 11.1 Å². The van der Waals surface area contributed by atoms with Gasteiger partial charge >= 0.3 is 0 Å².